The number of anilines is 2. The van der Waals surface area contributed by atoms with Crippen molar-refractivity contribution < 1.29 is 13.2 Å². The van der Waals surface area contributed by atoms with E-state index in [9.17, 15) is 13.2 Å². The first-order valence-corrected chi connectivity index (χ1v) is 5.69. The van der Waals surface area contributed by atoms with Crippen LogP contribution in [0.2, 0.25) is 0 Å². The molecule has 4 nitrogen and oxygen atoms in total. The van der Waals surface area contributed by atoms with Crippen molar-refractivity contribution >= 4 is 22.4 Å². The molecular formula is C12H13F3N4. The molecule has 0 aliphatic carbocycles. The highest BCUT2D eigenvalue weighted by molar-refractivity contribution is 5.90. The van der Waals surface area contributed by atoms with Crippen LogP contribution in [0.1, 0.15) is 13.3 Å². The number of hydrogen-bond acceptors (Lipinski definition) is 4. The van der Waals surface area contributed by atoms with E-state index in [2.05, 4.69) is 15.3 Å². The zero-order chi connectivity index (χ0) is 14.0. The van der Waals surface area contributed by atoms with Crippen LogP contribution >= 0.6 is 0 Å². The third kappa shape index (κ3) is 3.46. The zero-order valence-electron chi connectivity index (χ0n) is 10.2. The molecule has 0 spiro atoms. The van der Waals surface area contributed by atoms with Crippen molar-refractivity contribution in [3.8, 4) is 0 Å². The Balaban J connectivity index is 2.26. The van der Waals surface area contributed by atoms with E-state index in [1.165, 1.54) is 13.3 Å². The van der Waals surface area contributed by atoms with Gasteiger partial charge >= 0.3 is 6.18 Å². The summed E-state index contributed by atoms with van der Waals surface area (Å²) in [6.07, 6.45) is -3.84. The van der Waals surface area contributed by atoms with Crippen molar-refractivity contribution in [2.45, 2.75) is 25.6 Å². The van der Waals surface area contributed by atoms with Crippen LogP contribution in [0, 0.1) is 0 Å². The minimum atomic E-state index is -4.21. The molecule has 0 fully saturated rings. The number of fused-ring (bicyclic) bond motifs is 1. The first-order chi connectivity index (χ1) is 8.85. The fourth-order valence-electron chi connectivity index (χ4n) is 1.82. The normalized spacial score (nSPS) is 13.5. The Morgan fingerprint density at radius 3 is 2.74 bits per heavy atom. The maximum Gasteiger partial charge on any atom is 0.391 e. The van der Waals surface area contributed by atoms with Gasteiger partial charge in [-0.15, -0.1) is 0 Å². The average molecular weight is 270 g/mol. The smallest absolute Gasteiger partial charge is 0.391 e. The number of halogens is 3. The van der Waals surface area contributed by atoms with Gasteiger partial charge < -0.3 is 11.1 Å². The van der Waals surface area contributed by atoms with E-state index in [0.29, 0.717) is 22.4 Å². The van der Waals surface area contributed by atoms with Gasteiger partial charge in [0, 0.05) is 17.1 Å². The van der Waals surface area contributed by atoms with Crippen LogP contribution in [0.25, 0.3) is 10.9 Å². The standard InChI is InChI=1S/C12H13F3N4/c1-7(5-12(13,14)15)19-11-9-3-2-8(16)4-10(9)17-6-18-11/h2-4,6-7H,5,16H2,1H3,(H,17,18,19). The second-order valence-corrected chi connectivity index (χ2v) is 4.36. The Hall–Kier alpha value is -2.05. The third-order valence-electron chi connectivity index (χ3n) is 2.58. The van der Waals surface area contributed by atoms with Gasteiger partial charge in [0.05, 0.1) is 11.9 Å². The molecule has 1 aromatic heterocycles. The largest absolute Gasteiger partial charge is 0.399 e. The van der Waals surface area contributed by atoms with Crippen molar-refractivity contribution in [3.05, 3.63) is 24.5 Å². The molecule has 0 aliphatic rings. The highest BCUT2D eigenvalue weighted by atomic mass is 19.4. The quantitative estimate of drug-likeness (QED) is 0.842. The third-order valence-corrected chi connectivity index (χ3v) is 2.58. The lowest BCUT2D eigenvalue weighted by Crippen LogP contribution is -2.24. The minimum Gasteiger partial charge on any atom is -0.399 e. The van der Waals surface area contributed by atoms with Gasteiger partial charge in [0.1, 0.15) is 12.1 Å². The van der Waals surface area contributed by atoms with E-state index in [1.54, 1.807) is 18.2 Å². The minimum absolute atomic E-state index is 0.377. The van der Waals surface area contributed by atoms with Crippen LogP contribution in [0.4, 0.5) is 24.7 Å². The molecule has 1 aromatic carbocycles. The molecule has 0 aliphatic heterocycles. The second kappa shape index (κ2) is 4.91. The van der Waals surface area contributed by atoms with Gasteiger partial charge in [0.2, 0.25) is 0 Å². The number of aromatic nitrogens is 2. The summed E-state index contributed by atoms with van der Waals surface area (Å²) in [7, 11) is 0. The van der Waals surface area contributed by atoms with Crippen molar-refractivity contribution in [2.75, 3.05) is 11.1 Å². The van der Waals surface area contributed by atoms with Crippen LogP contribution in [0.3, 0.4) is 0 Å². The lowest BCUT2D eigenvalue weighted by molar-refractivity contribution is -0.136. The maximum absolute atomic E-state index is 12.3. The molecular weight excluding hydrogens is 257 g/mol. The number of hydrogen-bond donors (Lipinski definition) is 2. The first-order valence-electron chi connectivity index (χ1n) is 5.69. The SMILES string of the molecule is CC(CC(F)(F)F)Nc1ncnc2cc(N)ccc12. The van der Waals surface area contributed by atoms with Gasteiger partial charge in [-0.25, -0.2) is 9.97 Å². The molecule has 0 radical (unpaired) electrons. The van der Waals surface area contributed by atoms with Gasteiger partial charge in [-0.1, -0.05) is 0 Å². The summed E-state index contributed by atoms with van der Waals surface area (Å²) in [6.45, 7) is 1.46. The van der Waals surface area contributed by atoms with E-state index in [4.69, 9.17) is 5.73 Å². The van der Waals surface area contributed by atoms with Crippen molar-refractivity contribution in [1.82, 2.24) is 9.97 Å². The summed E-state index contributed by atoms with van der Waals surface area (Å²) in [6, 6.07) is 4.23. The predicted molar refractivity (Wildman–Crippen MR) is 67.7 cm³/mol. The molecule has 0 saturated carbocycles. The highest BCUT2D eigenvalue weighted by Gasteiger charge is 2.30. The number of rotatable bonds is 3. The van der Waals surface area contributed by atoms with Crippen LogP contribution < -0.4 is 11.1 Å². The van der Waals surface area contributed by atoms with Gasteiger partial charge in [-0.2, -0.15) is 13.2 Å². The Morgan fingerprint density at radius 1 is 1.32 bits per heavy atom. The Labute approximate surface area is 107 Å². The molecule has 1 atom stereocenters. The molecule has 7 heteroatoms. The van der Waals surface area contributed by atoms with Crippen LogP contribution in [0.15, 0.2) is 24.5 Å². The van der Waals surface area contributed by atoms with E-state index < -0.39 is 18.6 Å². The molecule has 0 saturated heterocycles. The van der Waals surface area contributed by atoms with Crippen LogP contribution in [0.5, 0.6) is 0 Å². The Kier molecular flexibility index (Phi) is 3.46. The predicted octanol–water partition coefficient (Wildman–Crippen LogP) is 2.96. The van der Waals surface area contributed by atoms with Crippen molar-refractivity contribution in [3.63, 3.8) is 0 Å². The van der Waals surface area contributed by atoms with Gasteiger partial charge in [0.25, 0.3) is 0 Å². The van der Waals surface area contributed by atoms with E-state index in [0.717, 1.165) is 0 Å². The van der Waals surface area contributed by atoms with Crippen molar-refractivity contribution in [2.24, 2.45) is 0 Å². The molecule has 19 heavy (non-hydrogen) atoms. The number of nitrogens with two attached hydrogens (primary N) is 1. The number of nitrogens with zero attached hydrogens (tertiary/aromatic N) is 2. The number of nitrogens with one attached hydrogen (secondary N) is 1. The van der Waals surface area contributed by atoms with Gasteiger partial charge in [-0.05, 0) is 25.1 Å². The summed E-state index contributed by atoms with van der Waals surface area (Å²) in [5.74, 6) is 0.377. The zero-order valence-corrected chi connectivity index (χ0v) is 10.2. The topological polar surface area (TPSA) is 63.8 Å². The number of benzene rings is 1. The van der Waals surface area contributed by atoms with Gasteiger partial charge in [0.15, 0.2) is 0 Å². The number of alkyl halides is 3. The molecule has 2 rings (SSSR count). The molecule has 0 amide bonds. The lowest BCUT2D eigenvalue weighted by Gasteiger charge is -2.17. The summed E-state index contributed by atoms with van der Waals surface area (Å²) < 4.78 is 36.9. The molecule has 102 valence electrons. The highest BCUT2D eigenvalue weighted by Crippen LogP contribution is 2.25. The molecule has 1 heterocycles. The number of nitrogen functional groups attached to an aromatic ring is 1. The van der Waals surface area contributed by atoms with Crippen LogP contribution in [-0.4, -0.2) is 22.2 Å². The second-order valence-electron chi connectivity index (χ2n) is 4.36. The summed E-state index contributed by atoms with van der Waals surface area (Å²) in [5.41, 5.74) is 6.77. The maximum atomic E-state index is 12.3. The Morgan fingerprint density at radius 2 is 2.05 bits per heavy atom. The average Bonchev–Trinajstić information content (AvgIpc) is 2.26. The monoisotopic (exact) mass is 270 g/mol. The fraction of sp³-hybridized carbons (Fsp3) is 0.333. The fourth-order valence-corrected chi connectivity index (χ4v) is 1.82. The summed E-state index contributed by atoms with van der Waals surface area (Å²) >= 11 is 0. The first kappa shape index (κ1) is 13.4. The molecule has 3 N–H and O–H groups in total. The van der Waals surface area contributed by atoms with Gasteiger partial charge in [-0.3, -0.25) is 0 Å². The molecule has 2 aromatic rings. The van der Waals surface area contributed by atoms with E-state index in [1.807, 2.05) is 0 Å². The molecule has 1 unspecified atom stereocenters. The lowest BCUT2D eigenvalue weighted by atomic mass is 10.2. The van der Waals surface area contributed by atoms with E-state index >= 15 is 0 Å². The summed E-state index contributed by atoms with van der Waals surface area (Å²) in [5, 5.41) is 3.39. The Bertz CT molecular complexity index is 583. The molecule has 0 bridgehead atoms. The van der Waals surface area contributed by atoms with E-state index in [-0.39, 0.29) is 0 Å². The van der Waals surface area contributed by atoms with Crippen LogP contribution in [-0.2, 0) is 0 Å². The summed E-state index contributed by atoms with van der Waals surface area (Å²) in [4.78, 5) is 8.01. The van der Waals surface area contributed by atoms with Crippen molar-refractivity contribution in [1.29, 1.82) is 0 Å².